The van der Waals surface area contributed by atoms with Crippen LogP contribution in [0, 0.1) is 6.92 Å². The molecule has 0 saturated carbocycles. The number of H-pyrrole nitrogens is 1. The molecule has 2 atom stereocenters. The lowest BCUT2D eigenvalue weighted by Crippen LogP contribution is -2.35. The van der Waals surface area contributed by atoms with Crippen LogP contribution in [0.1, 0.15) is 28.8 Å². The number of hydrogen-bond acceptors (Lipinski definition) is 4. The predicted octanol–water partition coefficient (Wildman–Crippen LogP) is 2.80. The quantitative estimate of drug-likeness (QED) is 0.802. The number of nitrogens with one attached hydrogen (secondary N) is 1. The highest BCUT2D eigenvalue weighted by molar-refractivity contribution is 5.68. The monoisotopic (exact) mass is 330 g/mol. The van der Waals surface area contributed by atoms with Gasteiger partial charge in [-0.15, -0.1) is 10.2 Å². The van der Waals surface area contributed by atoms with Crippen LogP contribution in [0.3, 0.4) is 0 Å². The molecule has 1 N–H and O–H groups in total. The summed E-state index contributed by atoms with van der Waals surface area (Å²) in [6, 6.07) is 11.0. The van der Waals surface area contributed by atoms with Crippen molar-refractivity contribution < 1.29 is 0 Å². The minimum Gasteiger partial charge on any atom is -0.358 e. The van der Waals surface area contributed by atoms with Gasteiger partial charge in [0.2, 0.25) is 0 Å². The van der Waals surface area contributed by atoms with Crippen molar-refractivity contribution in [1.82, 2.24) is 29.9 Å². The fourth-order valence-corrected chi connectivity index (χ4v) is 3.82. The average molecular weight is 330 g/mol. The number of benzene rings is 1. The molecule has 0 fully saturated rings. The van der Waals surface area contributed by atoms with Gasteiger partial charge in [-0.1, -0.05) is 36.4 Å². The van der Waals surface area contributed by atoms with Crippen molar-refractivity contribution in [3.8, 4) is 0 Å². The molecule has 25 heavy (non-hydrogen) atoms. The maximum atomic E-state index is 4.27. The van der Waals surface area contributed by atoms with Gasteiger partial charge >= 0.3 is 0 Å². The van der Waals surface area contributed by atoms with E-state index < -0.39 is 0 Å². The third kappa shape index (κ3) is 2.21. The molecule has 124 valence electrons. The van der Waals surface area contributed by atoms with Crippen LogP contribution in [0.15, 0.2) is 54.9 Å². The zero-order valence-electron chi connectivity index (χ0n) is 13.9. The first-order valence-corrected chi connectivity index (χ1v) is 8.42. The van der Waals surface area contributed by atoms with Gasteiger partial charge in [-0.2, -0.15) is 5.10 Å². The summed E-state index contributed by atoms with van der Waals surface area (Å²) in [5.74, 6) is 1.86. The molecular formula is C19H18N6. The van der Waals surface area contributed by atoms with E-state index in [2.05, 4.69) is 78.4 Å². The van der Waals surface area contributed by atoms with Gasteiger partial charge in [0.05, 0.1) is 18.3 Å². The van der Waals surface area contributed by atoms with E-state index in [1.807, 2.05) is 19.3 Å². The number of aromatic amines is 1. The standard InChI is InChI=1S/C19H18N6/c1-13-22-23-19-8-7-16-18(25(13)19)9-17(15-10-20-21-11-15)24(16)12-14-5-3-2-4-6-14/h2-11,16,18H,12H2,1H3,(H,20,21). The Balaban J connectivity index is 1.60. The van der Waals surface area contributed by atoms with Crippen LogP contribution in [0.25, 0.3) is 11.8 Å². The van der Waals surface area contributed by atoms with Gasteiger partial charge in [-0.05, 0) is 24.6 Å². The maximum Gasteiger partial charge on any atom is 0.157 e. The molecule has 2 aliphatic heterocycles. The highest BCUT2D eigenvalue weighted by Gasteiger charge is 2.38. The highest BCUT2D eigenvalue weighted by atomic mass is 15.3. The van der Waals surface area contributed by atoms with Crippen molar-refractivity contribution in [2.45, 2.75) is 25.6 Å². The van der Waals surface area contributed by atoms with Crippen molar-refractivity contribution in [3.05, 3.63) is 77.7 Å². The molecule has 6 nitrogen and oxygen atoms in total. The van der Waals surface area contributed by atoms with E-state index in [1.54, 1.807) is 0 Å². The molecular weight excluding hydrogens is 312 g/mol. The second kappa shape index (κ2) is 5.44. The van der Waals surface area contributed by atoms with Gasteiger partial charge in [0, 0.05) is 24.0 Å². The molecule has 0 saturated heterocycles. The molecule has 2 aliphatic rings. The van der Waals surface area contributed by atoms with Crippen LogP contribution >= 0.6 is 0 Å². The Morgan fingerprint density at radius 1 is 1.12 bits per heavy atom. The summed E-state index contributed by atoms with van der Waals surface area (Å²) in [5.41, 5.74) is 3.58. The zero-order valence-corrected chi connectivity index (χ0v) is 13.9. The lowest BCUT2D eigenvalue weighted by atomic mass is 10.1. The number of hydrogen-bond donors (Lipinski definition) is 1. The van der Waals surface area contributed by atoms with Crippen LogP contribution in [-0.2, 0) is 6.54 Å². The second-order valence-electron chi connectivity index (χ2n) is 6.47. The Bertz CT molecular complexity index is 951. The van der Waals surface area contributed by atoms with E-state index in [9.17, 15) is 0 Å². The van der Waals surface area contributed by atoms with E-state index in [0.29, 0.717) is 0 Å². The van der Waals surface area contributed by atoms with Gasteiger partial charge in [-0.25, -0.2) is 0 Å². The Morgan fingerprint density at radius 2 is 2.00 bits per heavy atom. The summed E-state index contributed by atoms with van der Waals surface area (Å²) in [6.07, 6.45) is 10.4. The molecule has 2 aromatic heterocycles. The van der Waals surface area contributed by atoms with Crippen LogP contribution in [0.4, 0.5) is 0 Å². The smallest absolute Gasteiger partial charge is 0.157 e. The fraction of sp³-hybridized carbons (Fsp3) is 0.211. The molecule has 2 unspecified atom stereocenters. The van der Waals surface area contributed by atoms with Gasteiger partial charge in [0.25, 0.3) is 0 Å². The molecule has 1 aromatic carbocycles. The van der Waals surface area contributed by atoms with E-state index in [-0.39, 0.29) is 12.1 Å². The Labute approximate surface area is 145 Å². The van der Waals surface area contributed by atoms with Crippen LogP contribution < -0.4 is 0 Å². The normalized spacial score (nSPS) is 21.2. The number of rotatable bonds is 3. The highest BCUT2D eigenvalue weighted by Crippen LogP contribution is 2.41. The van der Waals surface area contributed by atoms with Crippen molar-refractivity contribution in [2.75, 3.05) is 0 Å². The molecule has 0 aliphatic carbocycles. The molecule has 0 bridgehead atoms. The van der Waals surface area contributed by atoms with Crippen molar-refractivity contribution in [3.63, 3.8) is 0 Å². The summed E-state index contributed by atoms with van der Waals surface area (Å²) in [6.45, 7) is 2.86. The molecule has 0 radical (unpaired) electrons. The molecule has 0 amide bonds. The van der Waals surface area contributed by atoms with E-state index >= 15 is 0 Å². The maximum absolute atomic E-state index is 4.27. The Morgan fingerprint density at radius 3 is 2.80 bits per heavy atom. The van der Waals surface area contributed by atoms with E-state index in [0.717, 1.165) is 23.8 Å². The third-order valence-corrected chi connectivity index (χ3v) is 4.97. The number of aryl methyl sites for hydroxylation is 1. The average Bonchev–Trinajstić information content (AvgIpc) is 3.35. The molecule has 3 aromatic rings. The lowest BCUT2D eigenvalue weighted by Gasteiger charge is -2.33. The van der Waals surface area contributed by atoms with Crippen LogP contribution in [-0.4, -0.2) is 35.9 Å². The third-order valence-electron chi connectivity index (χ3n) is 4.97. The Hall–Kier alpha value is -3.15. The molecule has 6 heteroatoms. The first kappa shape index (κ1) is 14.2. The topological polar surface area (TPSA) is 62.6 Å². The van der Waals surface area contributed by atoms with Gasteiger partial charge < -0.3 is 9.47 Å². The van der Waals surface area contributed by atoms with Crippen molar-refractivity contribution in [2.24, 2.45) is 0 Å². The van der Waals surface area contributed by atoms with E-state index in [4.69, 9.17) is 0 Å². The van der Waals surface area contributed by atoms with Crippen molar-refractivity contribution in [1.29, 1.82) is 0 Å². The molecule has 5 rings (SSSR count). The summed E-state index contributed by atoms with van der Waals surface area (Å²) in [7, 11) is 0. The van der Waals surface area contributed by atoms with Gasteiger partial charge in [0.15, 0.2) is 5.82 Å². The summed E-state index contributed by atoms with van der Waals surface area (Å²) in [5, 5.41) is 15.6. The predicted molar refractivity (Wildman–Crippen MR) is 95.2 cm³/mol. The first-order chi connectivity index (χ1) is 12.3. The lowest BCUT2D eigenvalue weighted by molar-refractivity contribution is 0.299. The largest absolute Gasteiger partial charge is 0.358 e. The number of fused-ring (bicyclic) bond motifs is 3. The summed E-state index contributed by atoms with van der Waals surface area (Å²) >= 11 is 0. The van der Waals surface area contributed by atoms with Gasteiger partial charge in [0.1, 0.15) is 5.82 Å². The SMILES string of the molecule is Cc1nnc2n1C1C=C(c3cn[nH]c3)N(Cc3ccccc3)C1C=C2. The van der Waals surface area contributed by atoms with Crippen LogP contribution in [0.2, 0.25) is 0 Å². The van der Waals surface area contributed by atoms with Gasteiger partial charge in [-0.3, -0.25) is 5.10 Å². The fourth-order valence-electron chi connectivity index (χ4n) is 3.82. The number of nitrogens with zero attached hydrogens (tertiary/aromatic N) is 5. The number of aromatic nitrogens is 5. The second-order valence-corrected chi connectivity index (χ2v) is 6.47. The minimum atomic E-state index is 0.198. The minimum absolute atomic E-state index is 0.198. The van der Waals surface area contributed by atoms with E-state index in [1.165, 1.54) is 11.3 Å². The van der Waals surface area contributed by atoms with Crippen molar-refractivity contribution >= 4 is 11.8 Å². The Kier molecular flexibility index (Phi) is 3.09. The first-order valence-electron chi connectivity index (χ1n) is 8.42. The molecule has 4 heterocycles. The molecule has 0 spiro atoms. The summed E-state index contributed by atoms with van der Waals surface area (Å²) < 4.78 is 2.22. The zero-order chi connectivity index (χ0) is 16.8. The van der Waals surface area contributed by atoms with Crippen LogP contribution in [0.5, 0.6) is 0 Å². The summed E-state index contributed by atoms with van der Waals surface area (Å²) in [4.78, 5) is 2.43.